The monoisotopic (exact) mass is 499 g/mol. The highest BCUT2D eigenvalue weighted by Crippen LogP contribution is 2.07. The summed E-state index contributed by atoms with van der Waals surface area (Å²) in [4.78, 5) is 4.56. The molecule has 6 nitrogen and oxygen atoms in total. The highest BCUT2D eigenvalue weighted by molar-refractivity contribution is 14.0. The largest absolute Gasteiger partial charge is 0.380 e. The van der Waals surface area contributed by atoms with Crippen LogP contribution in [0.1, 0.15) is 32.8 Å². The number of guanidine groups is 1. The van der Waals surface area contributed by atoms with E-state index in [1.807, 2.05) is 41.2 Å². The molecule has 0 amide bonds. The fourth-order valence-electron chi connectivity index (χ4n) is 2.52. The average Bonchev–Trinajstić information content (AvgIpc) is 3.14. The van der Waals surface area contributed by atoms with E-state index in [-0.39, 0.29) is 24.0 Å². The van der Waals surface area contributed by atoms with Crippen molar-refractivity contribution in [2.75, 3.05) is 32.8 Å². The van der Waals surface area contributed by atoms with Crippen LogP contribution in [0.2, 0.25) is 0 Å². The Morgan fingerprint density at radius 1 is 1.18 bits per heavy atom. The van der Waals surface area contributed by atoms with Crippen LogP contribution in [0.5, 0.6) is 0 Å². The highest BCUT2D eigenvalue weighted by atomic mass is 127. The first-order chi connectivity index (χ1) is 13.2. The molecule has 0 bridgehead atoms. The van der Waals surface area contributed by atoms with Gasteiger partial charge >= 0.3 is 0 Å². The second kappa shape index (κ2) is 14.4. The average molecular weight is 499 g/mol. The van der Waals surface area contributed by atoms with Gasteiger partial charge in [-0.1, -0.05) is 32.0 Å². The molecule has 0 atom stereocenters. The Kier molecular flexibility index (Phi) is 12.6. The second-order valence-corrected chi connectivity index (χ2v) is 6.86. The van der Waals surface area contributed by atoms with Crippen LogP contribution in [0.4, 0.5) is 0 Å². The molecule has 0 aliphatic rings. The number of nitrogens with zero attached hydrogens (tertiary/aromatic N) is 3. The van der Waals surface area contributed by atoms with Crippen molar-refractivity contribution in [2.45, 2.75) is 33.6 Å². The minimum Gasteiger partial charge on any atom is -0.380 e. The molecule has 0 saturated heterocycles. The minimum absolute atomic E-state index is 0. The van der Waals surface area contributed by atoms with Crippen molar-refractivity contribution in [3.63, 3.8) is 0 Å². The van der Waals surface area contributed by atoms with Crippen LogP contribution in [0.25, 0.3) is 5.69 Å². The van der Waals surface area contributed by atoms with Crippen LogP contribution in [-0.4, -0.2) is 48.6 Å². The summed E-state index contributed by atoms with van der Waals surface area (Å²) in [5.74, 6) is 1.51. The lowest BCUT2D eigenvalue weighted by Crippen LogP contribution is -2.38. The Morgan fingerprint density at radius 3 is 2.68 bits per heavy atom. The molecule has 28 heavy (non-hydrogen) atoms. The van der Waals surface area contributed by atoms with E-state index in [1.165, 1.54) is 5.56 Å². The van der Waals surface area contributed by atoms with Gasteiger partial charge in [-0.2, -0.15) is 5.10 Å². The van der Waals surface area contributed by atoms with Crippen molar-refractivity contribution in [2.24, 2.45) is 10.9 Å². The van der Waals surface area contributed by atoms with Crippen LogP contribution in [0, 0.1) is 5.92 Å². The molecule has 0 unspecified atom stereocenters. The molecule has 2 aromatic rings. The van der Waals surface area contributed by atoms with E-state index in [0.29, 0.717) is 19.1 Å². The molecule has 2 N–H and O–H groups in total. The molecule has 1 heterocycles. The van der Waals surface area contributed by atoms with Crippen molar-refractivity contribution in [3.8, 4) is 5.69 Å². The third-order valence-electron chi connectivity index (χ3n) is 4.05. The molecule has 2 rings (SSSR count). The standard InChI is InChI=1S/C21H33N5O.HI/c1-4-22-21(24-13-15-27-14-11-18(2)3)23-12-10-19-16-25-26(17-19)20-8-6-5-7-9-20;/h5-9,16-18H,4,10-15H2,1-3H3,(H2,22,23,24);1H. The zero-order valence-electron chi connectivity index (χ0n) is 17.2. The number of nitrogens with one attached hydrogen (secondary N) is 2. The van der Waals surface area contributed by atoms with Gasteiger partial charge in [-0.25, -0.2) is 4.68 Å². The molecule has 0 radical (unpaired) electrons. The van der Waals surface area contributed by atoms with Crippen molar-refractivity contribution < 1.29 is 4.74 Å². The number of aliphatic imine (C=N–C) groups is 1. The number of para-hydroxylation sites is 1. The third kappa shape index (κ3) is 9.54. The molecular weight excluding hydrogens is 465 g/mol. The maximum atomic E-state index is 5.62. The second-order valence-electron chi connectivity index (χ2n) is 6.86. The predicted molar refractivity (Wildman–Crippen MR) is 127 cm³/mol. The van der Waals surface area contributed by atoms with E-state index in [1.54, 1.807) is 0 Å². The van der Waals surface area contributed by atoms with Gasteiger partial charge in [-0.3, -0.25) is 4.99 Å². The fraction of sp³-hybridized carbons (Fsp3) is 0.524. The Bertz CT molecular complexity index is 672. The lowest BCUT2D eigenvalue weighted by Gasteiger charge is -2.11. The molecule has 0 aliphatic carbocycles. The molecular formula is C21H34IN5O. The molecule has 156 valence electrons. The van der Waals surface area contributed by atoms with E-state index in [9.17, 15) is 0 Å². The number of hydrogen-bond donors (Lipinski definition) is 2. The summed E-state index contributed by atoms with van der Waals surface area (Å²) >= 11 is 0. The van der Waals surface area contributed by atoms with E-state index in [0.717, 1.165) is 44.2 Å². The molecule has 1 aromatic carbocycles. The number of halogens is 1. The lowest BCUT2D eigenvalue weighted by molar-refractivity contribution is 0.130. The normalized spacial score (nSPS) is 11.4. The van der Waals surface area contributed by atoms with Crippen molar-refractivity contribution in [1.82, 2.24) is 20.4 Å². The predicted octanol–water partition coefficient (Wildman–Crippen LogP) is 3.65. The Balaban J connectivity index is 0.00000392. The maximum Gasteiger partial charge on any atom is 0.191 e. The topological polar surface area (TPSA) is 63.5 Å². The van der Waals surface area contributed by atoms with E-state index in [2.05, 4.69) is 47.7 Å². The summed E-state index contributed by atoms with van der Waals surface area (Å²) in [6.07, 6.45) is 5.98. The first kappa shape index (κ1) is 24.4. The number of ether oxygens (including phenoxy) is 1. The highest BCUT2D eigenvalue weighted by Gasteiger charge is 2.02. The number of rotatable bonds is 11. The first-order valence-electron chi connectivity index (χ1n) is 9.88. The van der Waals surface area contributed by atoms with Crippen molar-refractivity contribution in [1.29, 1.82) is 0 Å². The maximum absolute atomic E-state index is 5.62. The van der Waals surface area contributed by atoms with Crippen LogP contribution in [-0.2, 0) is 11.2 Å². The number of benzene rings is 1. The summed E-state index contributed by atoms with van der Waals surface area (Å²) < 4.78 is 7.52. The number of hydrogen-bond acceptors (Lipinski definition) is 3. The van der Waals surface area contributed by atoms with Gasteiger partial charge in [-0.15, -0.1) is 24.0 Å². The van der Waals surface area contributed by atoms with Gasteiger partial charge in [0, 0.05) is 25.9 Å². The molecule has 0 aliphatic heterocycles. The van der Waals surface area contributed by atoms with E-state index in [4.69, 9.17) is 4.74 Å². The molecule has 0 spiro atoms. The molecule has 0 saturated carbocycles. The molecule has 1 aromatic heterocycles. The quantitative estimate of drug-likeness (QED) is 0.215. The zero-order valence-corrected chi connectivity index (χ0v) is 19.6. The van der Waals surface area contributed by atoms with Gasteiger partial charge in [0.15, 0.2) is 5.96 Å². The minimum atomic E-state index is 0. The Morgan fingerprint density at radius 2 is 1.96 bits per heavy atom. The van der Waals surface area contributed by atoms with Gasteiger partial charge in [0.05, 0.1) is 25.0 Å². The third-order valence-corrected chi connectivity index (χ3v) is 4.05. The summed E-state index contributed by atoms with van der Waals surface area (Å²) in [7, 11) is 0. The van der Waals surface area contributed by atoms with Gasteiger partial charge < -0.3 is 15.4 Å². The van der Waals surface area contributed by atoms with E-state index < -0.39 is 0 Å². The smallest absolute Gasteiger partial charge is 0.191 e. The molecule has 7 heteroatoms. The van der Waals surface area contributed by atoms with Gasteiger partial charge in [-0.05, 0) is 43.4 Å². The number of aromatic nitrogens is 2. The summed E-state index contributed by atoms with van der Waals surface area (Å²) in [6, 6.07) is 10.1. The Labute approximate surface area is 186 Å². The van der Waals surface area contributed by atoms with Gasteiger partial charge in [0.1, 0.15) is 0 Å². The lowest BCUT2D eigenvalue weighted by atomic mass is 10.1. The van der Waals surface area contributed by atoms with E-state index >= 15 is 0 Å². The Hall–Kier alpha value is -1.61. The summed E-state index contributed by atoms with van der Waals surface area (Å²) in [5, 5.41) is 11.1. The first-order valence-corrected chi connectivity index (χ1v) is 9.88. The van der Waals surface area contributed by atoms with Crippen LogP contribution >= 0.6 is 24.0 Å². The van der Waals surface area contributed by atoms with Gasteiger partial charge in [0.2, 0.25) is 0 Å². The van der Waals surface area contributed by atoms with Crippen molar-refractivity contribution in [3.05, 3.63) is 48.3 Å². The van der Waals surface area contributed by atoms with Crippen molar-refractivity contribution >= 4 is 29.9 Å². The fourth-order valence-corrected chi connectivity index (χ4v) is 2.52. The van der Waals surface area contributed by atoms with Crippen LogP contribution in [0.15, 0.2) is 47.7 Å². The van der Waals surface area contributed by atoms with Gasteiger partial charge in [0.25, 0.3) is 0 Å². The summed E-state index contributed by atoms with van der Waals surface area (Å²) in [5.41, 5.74) is 2.27. The zero-order chi connectivity index (χ0) is 19.3. The summed E-state index contributed by atoms with van der Waals surface area (Å²) in [6.45, 7) is 10.3. The van der Waals surface area contributed by atoms with Crippen LogP contribution < -0.4 is 10.6 Å². The molecule has 0 fully saturated rings. The van der Waals surface area contributed by atoms with Crippen LogP contribution in [0.3, 0.4) is 0 Å². The SMILES string of the molecule is CCNC(=NCCOCCC(C)C)NCCc1cnn(-c2ccccc2)c1.I.